The van der Waals surface area contributed by atoms with E-state index < -0.39 is 0 Å². The molecule has 1 amide bonds. The number of rotatable bonds is 8. The number of aromatic nitrogens is 5. The van der Waals surface area contributed by atoms with Crippen molar-refractivity contribution >= 4 is 11.6 Å². The number of nitrogens with zero attached hydrogens (tertiary/aromatic N) is 5. The summed E-state index contributed by atoms with van der Waals surface area (Å²) in [5.74, 6) is 1.87. The van der Waals surface area contributed by atoms with E-state index in [2.05, 4.69) is 37.8 Å². The largest absolute Gasteiger partial charge is 0.349 e. The zero-order valence-electron chi connectivity index (χ0n) is 17.1. The van der Waals surface area contributed by atoms with Crippen molar-refractivity contribution in [1.82, 2.24) is 30.1 Å². The van der Waals surface area contributed by atoms with Crippen LogP contribution in [0, 0.1) is 0 Å². The number of benzene rings is 1. The summed E-state index contributed by atoms with van der Waals surface area (Å²) >= 11 is 0. The highest BCUT2D eigenvalue weighted by Gasteiger charge is 2.17. The predicted octanol–water partition coefficient (Wildman–Crippen LogP) is 3.54. The van der Waals surface area contributed by atoms with Crippen molar-refractivity contribution in [2.75, 3.05) is 0 Å². The summed E-state index contributed by atoms with van der Waals surface area (Å²) in [7, 11) is 0. The Hall–Kier alpha value is -3.55. The smallest absolute Gasteiger partial charge is 0.261 e. The van der Waals surface area contributed by atoms with Crippen LogP contribution in [-0.2, 0) is 17.8 Å². The number of hydrogen-bond donors (Lipinski definition) is 1. The minimum atomic E-state index is -0.00249. The van der Waals surface area contributed by atoms with Crippen LogP contribution < -0.4 is 5.32 Å². The summed E-state index contributed by atoms with van der Waals surface area (Å²) in [6, 6.07) is 13.9. The number of fused-ring (bicyclic) bond motifs is 1. The number of carbonyl (C=O) groups excluding carboxylic acids is 1. The lowest BCUT2D eigenvalue weighted by atomic mass is 10.1. The van der Waals surface area contributed by atoms with E-state index in [-0.39, 0.29) is 11.8 Å². The lowest BCUT2D eigenvalue weighted by Crippen LogP contribution is -2.23. The summed E-state index contributed by atoms with van der Waals surface area (Å²) in [5, 5.41) is 15.4. The number of amides is 1. The van der Waals surface area contributed by atoms with E-state index in [1.807, 2.05) is 54.8 Å². The topological polar surface area (TPSA) is 98.2 Å². The van der Waals surface area contributed by atoms with E-state index in [0.717, 1.165) is 12.8 Å². The highest BCUT2D eigenvalue weighted by molar-refractivity contribution is 5.76. The highest BCUT2D eigenvalue weighted by Crippen LogP contribution is 2.23. The Morgan fingerprint density at radius 2 is 1.97 bits per heavy atom. The molecule has 0 bridgehead atoms. The number of carbonyl (C=O) groups is 1. The van der Waals surface area contributed by atoms with Crippen LogP contribution in [0.15, 0.2) is 53.2 Å². The van der Waals surface area contributed by atoms with Crippen molar-refractivity contribution in [3.63, 3.8) is 0 Å². The zero-order chi connectivity index (χ0) is 20.9. The Morgan fingerprint density at radius 1 is 1.13 bits per heavy atom. The lowest BCUT2D eigenvalue weighted by Gasteiger charge is -2.05. The first-order valence-electron chi connectivity index (χ1n) is 10.1. The molecule has 0 atom stereocenters. The fourth-order valence-electron chi connectivity index (χ4n) is 3.19. The molecule has 0 aliphatic carbocycles. The van der Waals surface area contributed by atoms with E-state index >= 15 is 0 Å². The molecule has 0 unspecified atom stereocenters. The Morgan fingerprint density at radius 3 is 2.73 bits per heavy atom. The zero-order valence-corrected chi connectivity index (χ0v) is 17.1. The molecule has 0 fully saturated rings. The van der Waals surface area contributed by atoms with Gasteiger partial charge in [0.25, 0.3) is 5.89 Å². The first-order valence-corrected chi connectivity index (χ1v) is 10.1. The van der Waals surface area contributed by atoms with Crippen molar-refractivity contribution < 1.29 is 9.32 Å². The van der Waals surface area contributed by atoms with Crippen molar-refractivity contribution in [2.45, 2.75) is 45.6 Å². The molecule has 154 valence electrons. The molecule has 8 nitrogen and oxygen atoms in total. The molecule has 4 rings (SSSR count). The van der Waals surface area contributed by atoms with Gasteiger partial charge in [-0.15, -0.1) is 10.2 Å². The molecule has 0 saturated carbocycles. The second kappa shape index (κ2) is 8.86. The van der Waals surface area contributed by atoms with Crippen molar-refractivity contribution in [3.8, 4) is 11.5 Å². The van der Waals surface area contributed by atoms with Crippen LogP contribution in [0.3, 0.4) is 0 Å². The van der Waals surface area contributed by atoms with Crippen LogP contribution in [0.2, 0.25) is 0 Å². The van der Waals surface area contributed by atoms with Crippen LogP contribution in [0.1, 0.15) is 49.8 Å². The highest BCUT2D eigenvalue weighted by atomic mass is 16.5. The first kappa shape index (κ1) is 19.8. The molecule has 3 aromatic heterocycles. The van der Waals surface area contributed by atoms with Crippen LogP contribution >= 0.6 is 0 Å². The van der Waals surface area contributed by atoms with E-state index in [1.165, 1.54) is 5.56 Å². The van der Waals surface area contributed by atoms with Crippen molar-refractivity contribution in [1.29, 1.82) is 0 Å². The van der Waals surface area contributed by atoms with E-state index in [0.29, 0.717) is 41.7 Å². The van der Waals surface area contributed by atoms with Gasteiger partial charge in [0.05, 0.1) is 12.1 Å². The van der Waals surface area contributed by atoms with Gasteiger partial charge in [0.15, 0.2) is 17.3 Å². The number of aryl methyl sites for hydroxylation is 1. The molecule has 0 radical (unpaired) electrons. The standard InChI is InChI=1S/C22H24N6O2/c1-15(2)20-24-22(30-27-20)17-11-7-13-28-18(25-26-21(17)28)14-23-19(29)12-6-10-16-8-4-3-5-9-16/h3-5,7-9,11,13,15H,6,10,12,14H2,1-2H3,(H,23,29). The van der Waals surface area contributed by atoms with Crippen molar-refractivity contribution in [2.24, 2.45) is 0 Å². The average Bonchev–Trinajstić information content (AvgIpc) is 3.40. The van der Waals surface area contributed by atoms with Gasteiger partial charge in [-0.25, -0.2) is 0 Å². The predicted molar refractivity (Wildman–Crippen MR) is 112 cm³/mol. The molecule has 0 aliphatic rings. The van der Waals surface area contributed by atoms with Crippen LogP contribution in [0.4, 0.5) is 0 Å². The number of hydrogen-bond acceptors (Lipinski definition) is 6. The van der Waals surface area contributed by atoms with E-state index in [4.69, 9.17) is 4.52 Å². The van der Waals surface area contributed by atoms with Gasteiger partial charge < -0.3 is 9.84 Å². The van der Waals surface area contributed by atoms with E-state index in [1.54, 1.807) is 0 Å². The molecule has 30 heavy (non-hydrogen) atoms. The quantitative estimate of drug-likeness (QED) is 0.482. The van der Waals surface area contributed by atoms with Crippen LogP contribution in [0.5, 0.6) is 0 Å². The minimum Gasteiger partial charge on any atom is -0.349 e. The third-order valence-electron chi connectivity index (χ3n) is 4.85. The summed E-state index contributed by atoms with van der Waals surface area (Å²) in [4.78, 5) is 16.7. The average molecular weight is 404 g/mol. The fraction of sp³-hybridized carbons (Fsp3) is 0.318. The van der Waals surface area contributed by atoms with Gasteiger partial charge in [0.1, 0.15) is 0 Å². The van der Waals surface area contributed by atoms with Crippen molar-refractivity contribution in [3.05, 3.63) is 65.9 Å². The van der Waals surface area contributed by atoms with Gasteiger partial charge >= 0.3 is 0 Å². The number of nitrogens with one attached hydrogen (secondary N) is 1. The van der Waals surface area contributed by atoms with Gasteiger partial charge in [-0.2, -0.15) is 4.98 Å². The SMILES string of the molecule is CC(C)c1noc(-c2cccn3c(CNC(=O)CCCc4ccccc4)nnc23)n1. The molecule has 4 aromatic rings. The minimum absolute atomic E-state index is 0.00249. The normalized spacial score (nSPS) is 11.3. The number of pyridine rings is 1. The summed E-state index contributed by atoms with van der Waals surface area (Å²) < 4.78 is 7.23. The van der Waals surface area contributed by atoms with Gasteiger partial charge in [0, 0.05) is 18.5 Å². The summed E-state index contributed by atoms with van der Waals surface area (Å²) in [6.45, 7) is 4.32. The maximum absolute atomic E-state index is 12.2. The molecule has 0 aliphatic heterocycles. The third kappa shape index (κ3) is 4.37. The molecular formula is C22H24N6O2. The summed E-state index contributed by atoms with van der Waals surface area (Å²) in [5.41, 5.74) is 2.57. The van der Waals surface area contributed by atoms with Gasteiger partial charge in [-0.3, -0.25) is 9.20 Å². The monoisotopic (exact) mass is 404 g/mol. The third-order valence-corrected chi connectivity index (χ3v) is 4.85. The molecular weight excluding hydrogens is 380 g/mol. The second-order valence-corrected chi connectivity index (χ2v) is 7.46. The Labute approximate surface area is 174 Å². The van der Waals surface area contributed by atoms with Gasteiger partial charge in [-0.05, 0) is 30.5 Å². The van der Waals surface area contributed by atoms with E-state index in [9.17, 15) is 4.79 Å². The van der Waals surface area contributed by atoms with Gasteiger partial charge in [-0.1, -0.05) is 49.3 Å². The van der Waals surface area contributed by atoms with Crippen LogP contribution in [-0.4, -0.2) is 30.6 Å². The maximum Gasteiger partial charge on any atom is 0.261 e. The molecule has 3 heterocycles. The lowest BCUT2D eigenvalue weighted by molar-refractivity contribution is -0.121. The van der Waals surface area contributed by atoms with Crippen LogP contribution in [0.25, 0.3) is 17.1 Å². The van der Waals surface area contributed by atoms with Gasteiger partial charge in [0.2, 0.25) is 5.91 Å². The molecule has 1 aromatic carbocycles. The molecule has 0 saturated heterocycles. The first-order chi connectivity index (χ1) is 14.6. The Bertz CT molecular complexity index is 1130. The second-order valence-electron chi connectivity index (χ2n) is 7.46. The maximum atomic E-state index is 12.2. The Kier molecular flexibility index (Phi) is 5.83. The Balaban J connectivity index is 1.39. The molecule has 0 spiro atoms. The molecule has 8 heteroatoms. The summed E-state index contributed by atoms with van der Waals surface area (Å²) in [6.07, 6.45) is 4.01. The fourth-order valence-corrected chi connectivity index (χ4v) is 3.19. The molecule has 1 N–H and O–H groups in total.